The average Bonchev–Trinajstić information content (AvgIpc) is 2.84. The molecule has 22 heavy (non-hydrogen) atoms. The summed E-state index contributed by atoms with van der Waals surface area (Å²) < 4.78 is 0. The normalized spacial score (nSPS) is 28.4. The maximum absolute atomic E-state index is 12.9. The Kier molecular flexibility index (Phi) is 4.39. The second-order valence-electron chi connectivity index (χ2n) is 7.04. The SMILES string of the molecule is CC1CN(C)c2ccccc2N(C(=O)C[C@@H]2CCC[C@H]2N)C1. The van der Waals surface area contributed by atoms with Crippen LogP contribution in [0.2, 0.25) is 0 Å². The number of fused-ring (bicyclic) bond motifs is 1. The van der Waals surface area contributed by atoms with Crippen molar-refractivity contribution < 1.29 is 4.79 Å². The molecule has 4 heteroatoms. The van der Waals surface area contributed by atoms with E-state index in [4.69, 9.17) is 5.73 Å². The predicted molar refractivity (Wildman–Crippen MR) is 91.2 cm³/mol. The lowest BCUT2D eigenvalue weighted by molar-refractivity contribution is -0.119. The van der Waals surface area contributed by atoms with Gasteiger partial charge in [0.15, 0.2) is 0 Å². The van der Waals surface area contributed by atoms with Gasteiger partial charge in [-0.3, -0.25) is 4.79 Å². The fraction of sp³-hybridized carbons (Fsp3) is 0.611. The molecule has 0 bridgehead atoms. The molecule has 0 spiro atoms. The van der Waals surface area contributed by atoms with Crippen molar-refractivity contribution in [3.05, 3.63) is 24.3 Å². The number of anilines is 2. The predicted octanol–water partition coefficient (Wildman–Crippen LogP) is 2.62. The highest BCUT2D eigenvalue weighted by atomic mass is 16.2. The summed E-state index contributed by atoms with van der Waals surface area (Å²) in [5, 5.41) is 0. The summed E-state index contributed by atoms with van der Waals surface area (Å²) in [6.45, 7) is 3.98. The van der Waals surface area contributed by atoms with Crippen LogP contribution in [-0.2, 0) is 4.79 Å². The smallest absolute Gasteiger partial charge is 0.227 e. The van der Waals surface area contributed by atoms with Crippen molar-refractivity contribution in [3.63, 3.8) is 0 Å². The van der Waals surface area contributed by atoms with Crippen molar-refractivity contribution in [1.82, 2.24) is 0 Å². The highest BCUT2D eigenvalue weighted by molar-refractivity contribution is 5.97. The van der Waals surface area contributed by atoms with Gasteiger partial charge in [0.2, 0.25) is 5.91 Å². The van der Waals surface area contributed by atoms with Crippen LogP contribution in [0.15, 0.2) is 24.3 Å². The molecule has 1 aromatic carbocycles. The van der Waals surface area contributed by atoms with Crippen LogP contribution in [0.5, 0.6) is 0 Å². The summed E-state index contributed by atoms with van der Waals surface area (Å²) in [5.41, 5.74) is 8.35. The molecule has 1 aliphatic carbocycles. The largest absolute Gasteiger partial charge is 0.373 e. The van der Waals surface area contributed by atoms with Gasteiger partial charge in [-0.25, -0.2) is 0 Å². The number of amides is 1. The molecule has 1 amide bonds. The zero-order chi connectivity index (χ0) is 15.7. The van der Waals surface area contributed by atoms with E-state index in [9.17, 15) is 4.79 Å². The second-order valence-corrected chi connectivity index (χ2v) is 7.04. The van der Waals surface area contributed by atoms with Crippen LogP contribution < -0.4 is 15.5 Å². The van der Waals surface area contributed by atoms with Gasteiger partial charge in [-0.15, -0.1) is 0 Å². The summed E-state index contributed by atoms with van der Waals surface area (Å²) in [7, 11) is 2.11. The Morgan fingerprint density at radius 3 is 2.64 bits per heavy atom. The van der Waals surface area contributed by atoms with Crippen molar-refractivity contribution in [2.45, 2.75) is 38.6 Å². The van der Waals surface area contributed by atoms with Crippen molar-refractivity contribution in [3.8, 4) is 0 Å². The van der Waals surface area contributed by atoms with Gasteiger partial charge >= 0.3 is 0 Å². The molecule has 0 radical (unpaired) electrons. The maximum Gasteiger partial charge on any atom is 0.227 e. The number of para-hydroxylation sites is 2. The molecule has 1 unspecified atom stereocenters. The minimum Gasteiger partial charge on any atom is -0.373 e. The summed E-state index contributed by atoms with van der Waals surface area (Å²) in [4.78, 5) is 17.2. The molecule has 1 heterocycles. The summed E-state index contributed by atoms with van der Waals surface area (Å²) >= 11 is 0. The minimum absolute atomic E-state index is 0.200. The van der Waals surface area contributed by atoms with Crippen molar-refractivity contribution >= 4 is 17.3 Å². The van der Waals surface area contributed by atoms with Crippen LogP contribution in [0.3, 0.4) is 0 Å². The second kappa shape index (κ2) is 6.29. The first-order chi connectivity index (χ1) is 10.6. The number of benzene rings is 1. The van der Waals surface area contributed by atoms with Gasteiger partial charge in [-0.05, 0) is 36.8 Å². The van der Waals surface area contributed by atoms with Gasteiger partial charge in [-0.1, -0.05) is 25.5 Å². The molecule has 0 saturated heterocycles. The topological polar surface area (TPSA) is 49.6 Å². The van der Waals surface area contributed by atoms with E-state index < -0.39 is 0 Å². The lowest BCUT2D eigenvalue weighted by atomic mass is 9.99. The third-order valence-electron chi connectivity index (χ3n) is 5.12. The first-order valence-electron chi connectivity index (χ1n) is 8.42. The van der Waals surface area contributed by atoms with Crippen molar-refractivity contribution in [2.75, 3.05) is 29.9 Å². The quantitative estimate of drug-likeness (QED) is 0.913. The Balaban J connectivity index is 1.84. The van der Waals surface area contributed by atoms with Gasteiger partial charge in [0.1, 0.15) is 0 Å². The van der Waals surface area contributed by atoms with E-state index in [2.05, 4.69) is 31.0 Å². The Morgan fingerprint density at radius 2 is 1.95 bits per heavy atom. The van der Waals surface area contributed by atoms with Crippen LogP contribution in [0.4, 0.5) is 11.4 Å². The van der Waals surface area contributed by atoms with Gasteiger partial charge in [-0.2, -0.15) is 0 Å². The third-order valence-corrected chi connectivity index (χ3v) is 5.12. The van der Waals surface area contributed by atoms with Crippen molar-refractivity contribution in [1.29, 1.82) is 0 Å². The molecule has 3 rings (SSSR count). The number of nitrogens with two attached hydrogens (primary N) is 1. The van der Waals surface area contributed by atoms with Gasteiger partial charge in [0.25, 0.3) is 0 Å². The number of carbonyl (C=O) groups excluding carboxylic acids is 1. The zero-order valence-electron chi connectivity index (χ0n) is 13.7. The van der Waals surface area contributed by atoms with Crippen LogP contribution in [0.25, 0.3) is 0 Å². The van der Waals surface area contributed by atoms with Gasteiger partial charge in [0.05, 0.1) is 11.4 Å². The Labute approximate surface area is 133 Å². The molecule has 1 aromatic rings. The van der Waals surface area contributed by atoms with Gasteiger partial charge < -0.3 is 15.5 Å². The number of hydrogen-bond acceptors (Lipinski definition) is 3. The van der Waals surface area contributed by atoms with Crippen LogP contribution in [-0.4, -0.2) is 32.1 Å². The number of rotatable bonds is 2. The van der Waals surface area contributed by atoms with Crippen molar-refractivity contribution in [2.24, 2.45) is 17.6 Å². The minimum atomic E-state index is 0.200. The van der Waals surface area contributed by atoms with Crippen LogP contribution in [0.1, 0.15) is 32.6 Å². The summed E-state index contributed by atoms with van der Waals surface area (Å²) in [6.07, 6.45) is 3.91. The highest BCUT2D eigenvalue weighted by Gasteiger charge is 2.31. The third kappa shape index (κ3) is 2.98. The highest BCUT2D eigenvalue weighted by Crippen LogP contribution is 2.34. The zero-order valence-corrected chi connectivity index (χ0v) is 13.7. The van der Waals surface area contributed by atoms with E-state index in [1.807, 2.05) is 17.0 Å². The molecule has 1 aliphatic heterocycles. The summed E-state index contributed by atoms with van der Waals surface area (Å²) in [5.74, 6) is 1.05. The lowest BCUT2D eigenvalue weighted by Gasteiger charge is -2.26. The maximum atomic E-state index is 12.9. The molecular formula is C18H27N3O. The Bertz CT molecular complexity index is 545. The molecule has 2 aliphatic rings. The molecular weight excluding hydrogens is 274 g/mol. The first-order valence-corrected chi connectivity index (χ1v) is 8.42. The molecule has 3 atom stereocenters. The van der Waals surface area contributed by atoms with E-state index in [0.717, 1.165) is 43.7 Å². The molecule has 0 aromatic heterocycles. The lowest BCUT2D eigenvalue weighted by Crippen LogP contribution is -2.37. The molecule has 120 valence electrons. The van der Waals surface area contributed by atoms with E-state index in [1.165, 1.54) is 0 Å². The number of nitrogens with zero attached hydrogens (tertiary/aromatic N) is 2. The van der Waals surface area contributed by atoms with E-state index in [1.54, 1.807) is 0 Å². The average molecular weight is 301 g/mol. The van der Waals surface area contributed by atoms with Crippen LogP contribution >= 0.6 is 0 Å². The summed E-state index contributed by atoms with van der Waals surface area (Å²) in [6, 6.07) is 8.43. The monoisotopic (exact) mass is 301 g/mol. The standard InChI is InChI=1S/C18H27N3O/c1-13-11-20(2)16-8-3-4-9-17(16)21(12-13)18(22)10-14-6-5-7-15(14)19/h3-4,8-9,13-15H,5-7,10-12,19H2,1-2H3/t13?,14-,15+/m0/s1. The van der Waals surface area contributed by atoms with Crippen LogP contribution in [0, 0.1) is 11.8 Å². The van der Waals surface area contributed by atoms with Gasteiger partial charge in [0, 0.05) is 32.6 Å². The number of hydrogen-bond donors (Lipinski definition) is 1. The van der Waals surface area contributed by atoms with E-state index in [0.29, 0.717) is 18.3 Å². The fourth-order valence-electron chi connectivity index (χ4n) is 3.94. The molecule has 1 saturated carbocycles. The molecule has 2 N–H and O–H groups in total. The first kappa shape index (κ1) is 15.3. The van der Waals surface area contributed by atoms with E-state index in [-0.39, 0.29) is 11.9 Å². The Hall–Kier alpha value is -1.55. The molecule has 1 fully saturated rings. The number of carbonyl (C=O) groups is 1. The Morgan fingerprint density at radius 1 is 1.23 bits per heavy atom. The van der Waals surface area contributed by atoms with E-state index >= 15 is 0 Å². The molecule has 4 nitrogen and oxygen atoms in total. The fourth-order valence-corrected chi connectivity index (χ4v) is 3.94.